The monoisotopic (exact) mass is 206 g/mol. The van der Waals surface area contributed by atoms with Gasteiger partial charge in [-0.05, 0) is 19.1 Å². The van der Waals surface area contributed by atoms with Crippen LogP contribution >= 0.6 is 0 Å². The minimum Gasteiger partial charge on any atom is -0.395 e. The highest BCUT2D eigenvalue weighted by atomic mass is 16.3. The predicted octanol–water partition coefficient (Wildman–Crippen LogP) is 0.826. The first-order valence-corrected chi connectivity index (χ1v) is 5.01. The lowest BCUT2D eigenvalue weighted by atomic mass is 10.1. The lowest BCUT2D eigenvalue weighted by molar-refractivity contribution is -0.117. The lowest BCUT2D eigenvalue weighted by Gasteiger charge is -2.35. The number of hydrogen-bond donors (Lipinski definition) is 2. The van der Waals surface area contributed by atoms with E-state index in [1.165, 1.54) is 0 Å². The molecule has 0 aromatic heterocycles. The molecule has 4 nitrogen and oxygen atoms in total. The Morgan fingerprint density at radius 1 is 1.47 bits per heavy atom. The number of carbonyl (C=O) groups excluding carboxylic acids is 1. The number of aliphatic hydroxyl groups excluding tert-OH is 1. The van der Waals surface area contributed by atoms with Gasteiger partial charge in [-0.15, -0.1) is 0 Å². The van der Waals surface area contributed by atoms with Crippen molar-refractivity contribution in [1.29, 1.82) is 0 Å². The Morgan fingerprint density at radius 3 is 2.93 bits per heavy atom. The molecule has 1 aliphatic rings. The highest BCUT2D eigenvalue weighted by Gasteiger charge is 2.28. The molecule has 0 radical (unpaired) electrons. The number of nitrogens with zero attached hydrogens (tertiary/aromatic N) is 1. The molecule has 0 bridgehead atoms. The van der Waals surface area contributed by atoms with Crippen molar-refractivity contribution in [3.63, 3.8) is 0 Å². The molecule has 1 aromatic carbocycles. The topological polar surface area (TPSA) is 52.6 Å². The Morgan fingerprint density at radius 2 is 2.20 bits per heavy atom. The van der Waals surface area contributed by atoms with E-state index in [2.05, 4.69) is 5.32 Å². The number of anilines is 2. The van der Waals surface area contributed by atoms with E-state index in [9.17, 15) is 4.79 Å². The summed E-state index contributed by atoms with van der Waals surface area (Å²) in [7, 11) is 0. The molecule has 1 amide bonds. The Bertz CT molecular complexity index is 379. The Kier molecular flexibility index (Phi) is 2.60. The number of amides is 1. The molecule has 0 spiro atoms. The summed E-state index contributed by atoms with van der Waals surface area (Å²) in [6, 6.07) is 7.39. The first-order chi connectivity index (χ1) is 7.24. The maximum absolute atomic E-state index is 11.6. The SMILES string of the molecule is CC1C(=O)Nc2ccccc2N1CCO. The summed E-state index contributed by atoms with van der Waals surface area (Å²) >= 11 is 0. The van der Waals surface area contributed by atoms with Crippen LogP contribution in [0.25, 0.3) is 0 Å². The third kappa shape index (κ3) is 1.68. The zero-order valence-electron chi connectivity index (χ0n) is 8.60. The molecule has 1 aromatic rings. The summed E-state index contributed by atoms with van der Waals surface area (Å²) in [5.74, 6) is -0.0258. The molecule has 0 saturated heterocycles. The van der Waals surface area contributed by atoms with Gasteiger partial charge in [0.15, 0.2) is 0 Å². The fourth-order valence-electron chi connectivity index (χ4n) is 1.84. The number of nitrogens with one attached hydrogen (secondary N) is 1. The third-order valence-electron chi connectivity index (χ3n) is 2.66. The van der Waals surface area contributed by atoms with Gasteiger partial charge >= 0.3 is 0 Å². The van der Waals surface area contributed by atoms with Crippen LogP contribution in [0.3, 0.4) is 0 Å². The van der Waals surface area contributed by atoms with Crippen LogP contribution in [0.4, 0.5) is 11.4 Å². The summed E-state index contributed by atoms with van der Waals surface area (Å²) in [6.07, 6.45) is 0. The van der Waals surface area contributed by atoms with Gasteiger partial charge in [0.1, 0.15) is 6.04 Å². The van der Waals surface area contributed by atoms with Gasteiger partial charge in [0.25, 0.3) is 0 Å². The Labute approximate surface area is 88.5 Å². The van der Waals surface area contributed by atoms with Crippen LogP contribution in [0.5, 0.6) is 0 Å². The van der Waals surface area contributed by atoms with Gasteiger partial charge in [-0.3, -0.25) is 4.79 Å². The second kappa shape index (κ2) is 3.90. The molecular formula is C11H14N2O2. The highest BCUT2D eigenvalue weighted by Crippen LogP contribution is 2.30. The predicted molar refractivity (Wildman–Crippen MR) is 59.0 cm³/mol. The van der Waals surface area contributed by atoms with Crippen molar-refractivity contribution in [2.24, 2.45) is 0 Å². The zero-order chi connectivity index (χ0) is 10.8. The standard InChI is InChI=1S/C11H14N2O2/c1-8-11(15)12-9-4-2-3-5-10(9)13(8)6-7-14/h2-5,8,14H,6-7H2,1H3,(H,12,15). The van der Waals surface area contributed by atoms with E-state index in [-0.39, 0.29) is 18.6 Å². The van der Waals surface area contributed by atoms with Crippen LogP contribution in [0.2, 0.25) is 0 Å². The molecule has 80 valence electrons. The van der Waals surface area contributed by atoms with Gasteiger partial charge in [0.05, 0.1) is 18.0 Å². The van der Waals surface area contributed by atoms with E-state index >= 15 is 0 Å². The van der Waals surface area contributed by atoms with Gasteiger partial charge in [-0.1, -0.05) is 12.1 Å². The van der Waals surface area contributed by atoms with Crippen molar-refractivity contribution < 1.29 is 9.90 Å². The molecule has 1 unspecified atom stereocenters. The summed E-state index contributed by atoms with van der Waals surface area (Å²) in [4.78, 5) is 13.5. The zero-order valence-corrected chi connectivity index (χ0v) is 8.60. The molecule has 1 atom stereocenters. The molecule has 4 heteroatoms. The molecule has 0 aliphatic carbocycles. The molecule has 0 saturated carbocycles. The van der Waals surface area contributed by atoms with Crippen molar-refractivity contribution in [2.75, 3.05) is 23.4 Å². The summed E-state index contributed by atoms with van der Waals surface area (Å²) in [5, 5.41) is 11.8. The fraction of sp³-hybridized carbons (Fsp3) is 0.364. The number of hydrogen-bond acceptors (Lipinski definition) is 3. The number of β-amino-alcohol motifs (C(OH)–C–C–N with tert-alkyl or cyclic N) is 1. The third-order valence-corrected chi connectivity index (χ3v) is 2.66. The van der Waals surface area contributed by atoms with E-state index in [1.807, 2.05) is 36.1 Å². The molecule has 1 heterocycles. The van der Waals surface area contributed by atoms with E-state index < -0.39 is 0 Å². The van der Waals surface area contributed by atoms with Crippen LogP contribution < -0.4 is 10.2 Å². The molecule has 15 heavy (non-hydrogen) atoms. The van der Waals surface area contributed by atoms with E-state index in [1.54, 1.807) is 0 Å². The van der Waals surface area contributed by atoms with Crippen molar-refractivity contribution >= 4 is 17.3 Å². The average Bonchev–Trinajstić information content (AvgIpc) is 2.25. The first-order valence-electron chi connectivity index (χ1n) is 5.01. The molecule has 1 aliphatic heterocycles. The second-order valence-corrected chi connectivity index (χ2v) is 3.60. The van der Waals surface area contributed by atoms with Crippen LogP contribution in [-0.2, 0) is 4.79 Å². The second-order valence-electron chi connectivity index (χ2n) is 3.60. The van der Waals surface area contributed by atoms with Crippen molar-refractivity contribution in [2.45, 2.75) is 13.0 Å². The van der Waals surface area contributed by atoms with Gasteiger partial charge in [-0.25, -0.2) is 0 Å². The maximum atomic E-state index is 11.6. The van der Waals surface area contributed by atoms with Crippen LogP contribution in [0, 0.1) is 0 Å². The molecule has 2 N–H and O–H groups in total. The Balaban J connectivity index is 2.40. The smallest absolute Gasteiger partial charge is 0.246 e. The van der Waals surface area contributed by atoms with Gasteiger partial charge in [0.2, 0.25) is 5.91 Å². The molecule has 0 fully saturated rings. The van der Waals surface area contributed by atoms with Crippen molar-refractivity contribution in [3.05, 3.63) is 24.3 Å². The highest BCUT2D eigenvalue weighted by molar-refractivity contribution is 6.03. The van der Waals surface area contributed by atoms with Crippen LogP contribution in [0.15, 0.2) is 24.3 Å². The van der Waals surface area contributed by atoms with Crippen LogP contribution in [-0.4, -0.2) is 30.2 Å². The number of para-hydroxylation sites is 2. The minimum absolute atomic E-state index is 0.0258. The van der Waals surface area contributed by atoms with E-state index in [4.69, 9.17) is 5.11 Å². The summed E-state index contributed by atoms with van der Waals surface area (Å²) in [6.45, 7) is 2.36. The number of fused-ring (bicyclic) bond motifs is 1. The normalized spacial score (nSPS) is 19.7. The van der Waals surface area contributed by atoms with Gasteiger partial charge in [-0.2, -0.15) is 0 Å². The molecule has 2 rings (SSSR count). The fourth-order valence-corrected chi connectivity index (χ4v) is 1.84. The molecular weight excluding hydrogens is 192 g/mol. The average molecular weight is 206 g/mol. The maximum Gasteiger partial charge on any atom is 0.246 e. The summed E-state index contributed by atoms with van der Waals surface area (Å²) < 4.78 is 0. The largest absolute Gasteiger partial charge is 0.395 e. The quantitative estimate of drug-likeness (QED) is 0.753. The van der Waals surface area contributed by atoms with Gasteiger partial charge < -0.3 is 15.3 Å². The Hall–Kier alpha value is -1.55. The van der Waals surface area contributed by atoms with E-state index in [0.29, 0.717) is 6.54 Å². The number of aliphatic hydroxyl groups is 1. The van der Waals surface area contributed by atoms with Gasteiger partial charge in [0, 0.05) is 6.54 Å². The minimum atomic E-state index is -0.230. The number of carbonyl (C=O) groups is 1. The summed E-state index contributed by atoms with van der Waals surface area (Å²) in [5.41, 5.74) is 1.78. The van der Waals surface area contributed by atoms with Crippen molar-refractivity contribution in [1.82, 2.24) is 0 Å². The van der Waals surface area contributed by atoms with Crippen LogP contribution in [0.1, 0.15) is 6.92 Å². The lowest BCUT2D eigenvalue weighted by Crippen LogP contribution is -2.47. The first kappa shape index (κ1) is 9.98. The number of rotatable bonds is 2. The number of benzene rings is 1. The van der Waals surface area contributed by atoms with Crippen molar-refractivity contribution in [3.8, 4) is 0 Å². The van der Waals surface area contributed by atoms with E-state index in [0.717, 1.165) is 11.4 Å².